The van der Waals surface area contributed by atoms with Gasteiger partial charge in [0.1, 0.15) is 5.56 Å². The second-order valence-electron chi connectivity index (χ2n) is 5.05. The molecule has 1 N–H and O–H groups in total. The molecule has 0 bridgehead atoms. The summed E-state index contributed by atoms with van der Waals surface area (Å²) >= 11 is 1.30. The molecule has 0 aliphatic carbocycles. The predicted molar refractivity (Wildman–Crippen MR) is 83.1 cm³/mol. The molecule has 2 heterocycles. The number of hydrogen-bond donors (Lipinski definition) is 1. The summed E-state index contributed by atoms with van der Waals surface area (Å²) in [6.45, 7) is 3.53. The number of aromatic nitrogens is 2. The van der Waals surface area contributed by atoms with E-state index in [1.807, 2.05) is 6.92 Å². The Morgan fingerprint density at radius 1 is 1.21 bits per heavy atom. The van der Waals surface area contributed by atoms with E-state index in [2.05, 4.69) is 10.3 Å². The van der Waals surface area contributed by atoms with Crippen LogP contribution < -0.4 is 10.9 Å². The SMILES string of the molecule is Cc1sc2ncc(C(=O)Nc3cc(F)c(F)c(F)c3)c(=O)n2c1C. The first-order valence-corrected chi connectivity index (χ1v) is 7.55. The van der Waals surface area contributed by atoms with Gasteiger partial charge in [0, 0.05) is 34.6 Å². The molecular weight excluding hydrogens is 343 g/mol. The Labute approximate surface area is 137 Å². The molecule has 0 saturated heterocycles. The highest BCUT2D eigenvalue weighted by Gasteiger charge is 2.18. The molecule has 24 heavy (non-hydrogen) atoms. The van der Waals surface area contributed by atoms with Gasteiger partial charge in [0.15, 0.2) is 22.4 Å². The van der Waals surface area contributed by atoms with Crippen LogP contribution in [0.1, 0.15) is 20.9 Å². The molecule has 124 valence electrons. The van der Waals surface area contributed by atoms with Crippen LogP contribution in [0.2, 0.25) is 0 Å². The molecule has 0 aliphatic heterocycles. The van der Waals surface area contributed by atoms with Gasteiger partial charge in [-0.3, -0.25) is 14.0 Å². The molecular formula is C15H10F3N3O2S. The maximum atomic E-state index is 13.2. The van der Waals surface area contributed by atoms with E-state index in [-0.39, 0.29) is 11.3 Å². The number of thiazole rings is 1. The number of fused-ring (bicyclic) bond motifs is 1. The molecule has 0 atom stereocenters. The lowest BCUT2D eigenvalue weighted by Crippen LogP contribution is -2.26. The van der Waals surface area contributed by atoms with Crippen molar-refractivity contribution >= 4 is 27.9 Å². The fourth-order valence-corrected chi connectivity index (χ4v) is 3.09. The smallest absolute Gasteiger partial charge is 0.271 e. The molecule has 3 rings (SSSR count). The number of hydrogen-bond acceptors (Lipinski definition) is 4. The van der Waals surface area contributed by atoms with Gasteiger partial charge in [0.05, 0.1) is 0 Å². The molecule has 3 aromatic rings. The van der Waals surface area contributed by atoms with E-state index in [1.54, 1.807) is 6.92 Å². The maximum absolute atomic E-state index is 13.2. The van der Waals surface area contributed by atoms with Gasteiger partial charge in [-0.1, -0.05) is 0 Å². The van der Waals surface area contributed by atoms with Gasteiger partial charge in [-0.2, -0.15) is 0 Å². The van der Waals surface area contributed by atoms with Crippen LogP contribution in [0.3, 0.4) is 0 Å². The quantitative estimate of drug-likeness (QED) is 0.721. The number of nitrogens with zero attached hydrogens (tertiary/aromatic N) is 2. The molecule has 9 heteroatoms. The Morgan fingerprint density at radius 2 is 1.83 bits per heavy atom. The highest BCUT2D eigenvalue weighted by Crippen LogP contribution is 2.20. The highest BCUT2D eigenvalue weighted by molar-refractivity contribution is 7.17. The zero-order valence-corrected chi connectivity index (χ0v) is 13.3. The first-order chi connectivity index (χ1) is 11.3. The summed E-state index contributed by atoms with van der Waals surface area (Å²) in [4.78, 5) is 30.0. The van der Waals surface area contributed by atoms with Crippen LogP contribution in [0, 0.1) is 31.3 Å². The van der Waals surface area contributed by atoms with Crippen molar-refractivity contribution in [2.75, 3.05) is 5.32 Å². The molecule has 0 unspecified atom stereocenters. The largest absolute Gasteiger partial charge is 0.322 e. The van der Waals surface area contributed by atoms with Gasteiger partial charge >= 0.3 is 0 Å². The molecule has 0 fully saturated rings. The average molecular weight is 353 g/mol. The molecule has 1 aromatic carbocycles. The average Bonchev–Trinajstić information content (AvgIpc) is 2.80. The van der Waals surface area contributed by atoms with E-state index in [9.17, 15) is 22.8 Å². The van der Waals surface area contributed by atoms with Crippen molar-refractivity contribution in [3.05, 3.63) is 62.3 Å². The number of carbonyl (C=O) groups is 1. The summed E-state index contributed by atoms with van der Waals surface area (Å²) < 4.78 is 40.6. The highest BCUT2D eigenvalue weighted by atomic mass is 32.1. The van der Waals surface area contributed by atoms with Gasteiger partial charge in [0.25, 0.3) is 11.5 Å². The normalized spacial score (nSPS) is 11.0. The van der Waals surface area contributed by atoms with E-state index in [1.165, 1.54) is 15.7 Å². The second-order valence-corrected chi connectivity index (χ2v) is 6.23. The van der Waals surface area contributed by atoms with E-state index >= 15 is 0 Å². The number of nitrogens with one attached hydrogen (secondary N) is 1. The zero-order valence-electron chi connectivity index (χ0n) is 12.5. The minimum atomic E-state index is -1.64. The van der Waals surface area contributed by atoms with Gasteiger partial charge < -0.3 is 5.32 Å². The van der Waals surface area contributed by atoms with E-state index < -0.39 is 28.9 Å². The molecule has 5 nitrogen and oxygen atoms in total. The second kappa shape index (κ2) is 5.75. The number of rotatable bonds is 2. The first kappa shape index (κ1) is 16.2. The van der Waals surface area contributed by atoms with E-state index in [0.717, 1.165) is 11.1 Å². The number of benzene rings is 1. The Hall–Kier alpha value is -2.68. The van der Waals surface area contributed by atoms with Crippen LogP contribution in [-0.2, 0) is 0 Å². The lowest BCUT2D eigenvalue weighted by Gasteiger charge is -2.06. The van der Waals surface area contributed by atoms with Crippen molar-refractivity contribution in [3.8, 4) is 0 Å². The van der Waals surface area contributed by atoms with Crippen molar-refractivity contribution in [2.45, 2.75) is 13.8 Å². The third kappa shape index (κ3) is 2.56. The van der Waals surface area contributed by atoms with Crippen LogP contribution >= 0.6 is 11.3 Å². The number of aryl methyl sites for hydroxylation is 2. The lowest BCUT2D eigenvalue weighted by molar-refractivity contribution is 0.102. The maximum Gasteiger partial charge on any atom is 0.271 e. The van der Waals surface area contributed by atoms with Crippen molar-refractivity contribution in [2.24, 2.45) is 0 Å². The van der Waals surface area contributed by atoms with E-state index in [4.69, 9.17) is 0 Å². The fourth-order valence-electron chi connectivity index (χ4n) is 2.16. The van der Waals surface area contributed by atoms with E-state index in [0.29, 0.717) is 22.8 Å². The molecule has 2 aromatic heterocycles. The minimum absolute atomic E-state index is 0.293. The summed E-state index contributed by atoms with van der Waals surface area (Å²) in [5.41, 5.74) is -0.541. The Kier molecular flexibility index (Phi) is 3.88. The van der Waals surface area contributed by atoms with Gasteiger partial charge in [0.2, 0.25) is 0 Å². The third-order valence-corrected chi connectivity index (χ3v) is 4.58. The van der Waals surface area contributed by atoms with Crippen LogP contribution in [-0.4, -0.2) is 15.3 Å². The standard InChI is InChI=1S/C15H10F3N3O2S/c1-6-7(2)24-15-19-5-9(14(23)21(6)15)13(22)20-8-3-10(16)12(18)11(17)4-8/h3-5H,1-2H3,(H,20,22). The first-order valence-electron chi connectivity index (χ1n) is 6.73. The Bertz CT molecular complexity index is 1020. The van der Waals surface area contributed by atoms with Crippen LogP contribution in [0.25, 0.3) is 4.96 Å². The lowest BCUT2D eigenvalue weighted by atomic mass is 10.2. The van der Waals surface area contributed by atoms with Crippen LogP contribution in [0.5, 0.6) is 0 Å². The van der Waals surface area contributed by atoms with Gasteiger partial charge in [-0.05, 0) is 13.8 Å². The number of halogens is 3. The molecule has 1 amide bonds. The Balaban J connectivity index is 2.02. The molecule has 0 saturated carbocycles. The van der Waals surface area contributed by atoms with Crippen molar-refractivity contribution in [1.29, 1.82) is 0 Å². The molecule has 0 spiro atoms. The summed E-state index contributed by atoms with van der Waals surface area (Å²) in [6.07, 6.45) is 1.10. The summed E-state index contributed by atoms with van der Waals surface area (Å²) in [5, 5.41) is 2.16. The fraction of sp³-hybridized carbons (Fsp3) is 0.133. The summed E-state index contributed by atoms with van der Waals surface area (Å²) in [5.74, 6) is -5.42. The number of anilines is 1. The minimum Gasteiger partial charge on any atom is -0.322 e. The number of amides is 1. The monoisotopic (exact) mass is 353 g/mol. The van der Waals surface area contributed by atoms with Gasteiger partial charge in [-0.25, -0.2) is 18.2 Å². The topological polar surface area (TPSA) is 63.5 Å². The van der Waals surface area contributed by atoms with Crippen LogP contribution in [0.4, 0.5) is 18.9 Å². The van der Waals surface area contributed by atoms with Crippen molar-refractivity contribution < 1.29 is 18.0 Å². The predicted octanol–water partition coefficient (Wildman–Crippen LogP) is 3.04. The summed E-state index contributed by atoms with van der Waals surface area (Å²) in [7, 11) is 0. The number of carbonyl (C=O) groups excluding carboxylic acids is 1. The zero-order chi connectivity index (χ0) is 17.6. The third-order valence-electron chi connectivity index (χ3n) is 3.50. The van der Waals surface area contributed by atoms with Crippen LogP contribution in [0.15, 0.2) is 23.1 Å². The molecule has 0 aliphatic rings. The van der Waals surface area contributed by atoms with Gasteiger partial charge in [-0.15, -0.1) is 11.3 Å². The summed E-state index contributed by atoms with van der Waals surface area (Å²) in [6, 6.07) is 1.25. The Morgan fingerprint density at radius 3 is 2.46 bits per heavy atom. The van der Waals surface area contributed by atoms with Crippen molar-refractivity contribution in [1.82, 2.24) is 9.38 Å². The van der Waals surface area contributed by atoms with Crippen molar-refractivity contribution in [3.63, 3.8) is 0 Å². The molecule has 0 radical (unpaired) electrons.